The topological polar surface area (TPSA) is 76.4 Å². The molecule has 2 saturated heterocycles. The highest BCUT2D eigenvalue weighted by atomic mass is 32.2. The van der Waals surface area contributed by atoms with Crippen LogP contribution in [0.25, 0.3) is 0 Å². The number of nitrogens with one attached hydrogen (secondary N) is 2. The average Bonchev–Trinajstić information content (AvgIpc) is 3.24. The van der Waals surface area contributed by atoms with E-state index in [1.807, 2.05) is 42.1 Å². The summed E-state index contributed by atoms with van der Waals surface area (Å²) in [7, 11) is 1.99. The van der Waals surface area contributed by atoms with E-state index in [0.717, 1.165) is 61.5 Å². The highest BCUT2D eigenvalue weighted by Gasteiger charge is 2.40. The minimum atomic E-state index is 0.0747. The fraction of sp³-hybridized carbons (Fsp3) is 0.833. The van der Waals surface area contributed by atoms with Crippen molar-refractivity contribution in [3.8, 4) is 0 Å². The fourth-order valence-corrected chi connectivity index (χ4v) is 5.33. The van der Waals surface area contributed by atoms with Gasteiger partial charge in [-0.15, -0.1) is 10.2 Å². The van der Waals surface area contributed by atoms with Crippen LogP contribution in [0.2, 0.25) is 0 Å². The van der Waals surface area contributed by atoms with E-state index in [9.17, 15) is 0 Å². The first kappa shape index (κ1) is 20.8. The molecular weight excluding hydrogens is 380 g/mol. The second-order valence-corrected chi connectivity index (χ2v) is 9.42. The van der Waals surface area contributed by atoms with Gasteiger partial charge in [-0.1, -0.05) is 0 Å². The molecule has 0 radical (unpaired) electrons. The van der Waals surface area contributed by atoms with Crippen molar-refractivity contribution in [1.82, 2.24) is 25.4 Å². The van der Waals surface area contributed by atoms with Crippen LogP contribution in [0, 0.1) is 6.92 Å². The molecule has 2 N–H and O–H groups in total. The van der Waals surface area contributed by atoms with Crippen molar-refractivity contribution >= 4 is 29.5 Å². The van der Waals surface area contributed by atoms with E-state index in [1.54, 1.807) is 0 Å². The molecule has 1 spiro atoms. The Labute approximate surface area is 170 Å². The molecule has 0 aliphatic carbocycles. The first-order valence-corrected chi connectivity index (χ1v) is 12.3. The van der Waals surface area contributed by atoms with Crippen LogP contribution in [0.5, 0.6) is 0 Å². The van der Waals surface area contributed by atoms with Gasteiger partial charge in [0.1, 0.15) is 12.4 Å². The summed E-state index contributed by atoms with van der Waals surface area (Å²) >= 11 is 3.89. The Hall–Kier alpha value is -0.930. The van der Waals surface area contributed by atoms with Crippen LogP contribution in [0.15, 0.2) is 4.99 Å². The van der Waals surface area contributed by atoms with Gasteiger partial charge >= 0.3 is 0 Å². The van der Waals surface area contributed by atoms with Crippen LogP contribution in [0.3, 0.4) is 0 Å². The van der Waals surface area contributed by atoms with Crippen LogP contribution < -0.4 is 10.6 Å². The normalized spacial score (nSPS) is 25.9. The molecule has 9 heteroatoms. The molecule has 2 fully saturated rings. The highest BCUT2D eigenvalue weighted by molar-refractivity contribution is 7.99. The molecule has 7 nitrogen and oxygen atoms in total. The predicted molar refractivity (Wildman–Crippen MR) is 115 cm³/mol. The summed E-state index contributed by atoms with van der Waals surface area (Å²) in [4.78, 5) is 4.79. The molecular formula is C18H32N6OS2. The van der Waals surface area contributed by atoms with Gasteiger partial charge in [-0.25, -0.2) is 4.99 Å². The fourth-order valence-electron chi connectivity index (χ4n) is 3.52. The zero-order valence-corrected chi connectivity index (χ0v) is 18.3. The summed E-state index contributed by atoms with van der Waals surface area (Å²) in [6.07, 6.45) is 6.53. The number of nitrogens with zero attached hydrogens (tertiary/aromatic N) is 4. The summed E-state index contributed by atoms with van der Waals surface area (Å²) in [5.74, 6) is 6.16. The lowest BCUT2D eigenvalue weighted by Gasteiger charge is -2.38. The first-order valence-electron chi connectivity index (χ1n) is 9.72. The van der Waals surface area contributed by atoms with Crippen LogP contribution in [-0.4, -0.2) is 69.0 Å². The molecule has 152 valence electrons. The molecule has 2 unspecified atom stereocenters. The number of thioether (sulfide) groups is 2. The summed E-state index contributed by atoms with van der Waals surface area (Å²) in [5, 5.41) is 15.5. The third-order valence-corrected chi connectivity index (χ3v) is 7.20. The molecule has 0 bridgehead atoms. The summed E-state index contributed by atoms with van der Waals surface area (Å²) in [6, 6.07) is 0.408. The van der Waals surface area contributed by atoms with E-state index < -0.39 is 0 Å². The van der Waals surface area contributed by atoms with Gasteiger partial charge in [-0.3, -0.25) is 0 Å². The molecule has 0 amide bonds. The Kier molecular flexibility index (Phi) is 7.72. The summed E-state index contributed by atoms with van der Waals surface area (Å²) in [6.45, 7) is 4.25. The zero-order valence-electron chi connectivity index (χ0n) is 16.7. The SMILES string of the molecule is CSCCCNC(=NCc1nnc(C)n1C)NC1CCOC2(CCSC2)C1. The molecule has 2 atom stereocenters. The Bertz CT molecular complexity index is 629. The van der Waals surface area contributed by atoms with Crippen molar-refractivity contribution in [2.45, 2.75) is 50.8 Å². The van der Waals surface area contributed by atoms with Gasteiger partial charge < -0.3 is 19.9 Å². The van der Waals surface area contributed by atoms with E-state index in [2.05, 4.69) is 27.1 Å². The van der Waals surface area contributed by atoms with Crippen molar-refractivity contribution in [2.75, 3.05) is 36.7 Å². The van der Waals surface area contributed by atoms with Crippen molar-refractivity contribution in [3.63, 3.8) is 0 Å². The number of aliphatic imine (C=N–C) groups is 1. The number of rotatable bonds is 7. The lowest BCUT2D eigenvalue weighted by Crippen LogP contribution is -2.51. The van der Waals surface area contributed by atoms with Crippen LogP contribution >= 0.6 is 23.5 Å². The molecule has 2 aliphatic rings. The summed E-state index contributed by atoms with van der Waals surface area (Å²) < 4.78 is 8.15. The zero-order chi connectivity index (χ0) is 19.1. The molecule has 3 heterocycles. The Morgan fingerprint density at radius 1 is 1.48 bits per heavy atom. The van der Waals surface area contributed by atoms with Gasteiger partial charge in [0, 0.05) is 32.0 Å². The van der Waals surface area contributed by atoms with E-state index in [0.29, 0.717) is 12.6 Å². The van der Waals surface area contributed by atoms with Crippen molar-refractivity contribution < 1.29 is 4.74 Å². The van der Waals surface area contributed by atoms with Crippen molar-refractivity contribution in [3.05, 3.63) is 11.6 Å². The summed E-state index contributed by atoms with van der Waals surface area (Å²) in [5.41, 5.74) is 0.0747. The minimum absolute atomic E-state index is 0.0747. The van der Waals surface area contributed by atoms with Gasteiger partial charge in [-0.05, 0) is 50.4 Å². The molecule has 1 aromatic heterocycles. The number of hydrogen-bond acceptors (Lipinski definition) is 6. The van der Waals surface area contributed by atoms with Gasteiger partial charge in [0.15, 0.2) is 11.8 Å². The highest BCUT2D eigenvalue weighted by Crippen LogP contribution is 2.38. The Morgan fingerprint density at radius 2 is 2.37 bits per heavy atom. The maximum absolute atomic E-state index is 6.15. The predicted octanol–water partition coefficient (Wildman–Crippen LogP) is 1.97. The molecule has 2 aliphatic heterocycles. The van der Waals surface area contributed by atoms with Gasteiger partial charge in [0.05, 0.1) is 5.60 Å². The third-order valence-electron chi connectivity index (χ3n) is 5.28. The third kappa shape index (κ3) is 5.77. The van der Waals surface area contributed by atoms with Crippen LogP contribution in [-0.2, 0) is 18.3 Å². The van der Waals surface area contributed by atoms with E-state index in [4.69, 9.17) is 9.73 Å². The van der Waals surface area contributed by atoms with Crippen LogP contribution in [0.1, 0.15) is 37.3 Å². The monoisotopic (exact) mass is 412 g/mol. The van der Waals surface area contributed by atoms with E-state index in [1.165, 1.54) is 12.2 Å². The molecule has 0 aromatic carbocycles. The lowest BCUT2D eigenvalue weighted by atomic mass is 9.90. The lowest BCUT2D eigenvalue weighted by molar-refractivity contribution is -0.0679. The van der Waals surface area contributed by atoms with E-state index in [-0.39, 0.29) is 5.60 Å². The number of ether oxygens (including phenoxy) is 1. The molecule has 0 saturated carbocycles. The van der Waals surface area contributed by atoms with Crippen LogP contribution in [0.4, 0.5) is 0 Å². The Morgan fingerprint density at radius 3 is 3.07 bits per heavy atom. The largest absolute Gasteiger partial charge is 0.374 e. The maximum atomic E-state index is 6.15. The van der Waals surface area contributed by atoms with E-state index >= 15 is 0 Å². The van der Waals surface area contributed by atoms with Gasteiger partial charge in [-0.2, -0.15) is 23.5 Å². The minimum Gasteiger partial charge on any atom is -0.374 e. The van der Waals surface area contributed by atoms with Gasteiger partial charge in [0.2, 0.25) is 0 Å². The quantitative estimate of drug-likeness (QED) is 0.403. The standard InChI is InChI=1S/C18H32N6OS2/c1-14-22-23-16(24(14)2)12-20-17(19-7-4-9-26-3)21-15-5-8-25-18(11-15)6-10-27-13-18/h15H,4-13H2,1-3H3,(H2,19,20,21). The van der Waals surface area contributed by atoms with Gasteiger partial charge in [0.25, 0.3) is 0 Å². The maximum Gasteiger partial charge on any atom is 0.191 e. The molecule has 1 aromatic rings. The number of guanidine groups is 1. The number of aryl methyl sites for hydroxylation is 1. The molecule has 3 rings (SSSR count). The number of hydrogen-bond donors (Lipinski definition) is 2. The van der Waals surface area contributed by atoms with Crippen molar-refractivity contribution in [1.29, 1.82) is 0 Å². The smallest absolute Gasteiger partial charge is 0.191 e. The molecule has 27 heavy (non-hydrogen) atoms. The second-order valence-electron chi connectivity index (χ2n) is 7.33. The number of aromatic nitrogens is 3. The van der Waals surface area contributed by atoms with Crippen molar-refractivity contribution in [2.24, 2.45) is 12.0 Å². The first-order chi connectivity index (χ1) is 13.1. The second kappa shape index (κ2) is 10.0. The average molecular weight is 413 g/mol. The Balaban J connectivity index is 1.61.